The Kier molecular flexibility index (Phi) is 3.88. The molecule has 6 heteroatoms. The summed E-state index contributed by atoms with van der Waals surface area (Å²) in [5.74, 6) is -0.0413. The number of allylic oxidation sites excluding steroid dienone is 2. The maximum Gasteiger partial charge on any atom is 0.263 e. The summed E-state index contributed by atoms with van der Waals surface area (Å²) in [5, 5.41) is 16.1. The van der Waals surface area contributed by atoms with Gasteiger partial charge < -0.3 is 15.7 Å². The number of nitrogens with one attached hydrogen (secondary N) is 2. The molecule has 0 fully saturated rings. The summed E-state index contributed by atoms with van der Waals surface area (Å²) in [6.07, 6.45) is 3.37. The van der Waals surface area contributed by atoms with Gasteiger partial charge in [0.25, 0.3) is 5.91 Å². The number of amides is 1. The van der Waals surface area contributed by atoms with E-state index < -0.39 is 6.23 Å². The Morgan fingerprint density at radius 1 is 1.55 bits per heavy atom. The van der Waals surface area contributed by atoms with Crippen molar-refractivity contribution in [3.05, 3.63) is 34.0 Å². The van der Waals surface area contributed by atoms with Crippen LogP contribution in [0.5, 0.6) is 0 Å². The number of aliphatic imine (C=N–C) groups is 1. The summed E-state index contributed by atoms with van der Waals surface area (Å²) in [5.41, 5.74) is 3.46. The number of rotatable bonds is 2. The minimum Gasteiger partial charge on any atom is -0.381 e. The van der Waals surface area contributed by atoms with Crippen molar-refractivity contribution < 1.29 is 9.90 Å². The Bertz CT molecular complexity index is 702. The van der Waals surface area contributed by atoms with Crippen molar-refractivity contribution >= 4 is 34.2 Å². The van der Waals surface area contributed by atoms with E-state index in [1.165, 1.54) is 11.3 Å². The molecule has 0 saturated carbocycles. The lowest BCUT2D eigenvalue weighted by molar-refractivity contribution is 0.0949. The highest BCUT2D eigenvalue weighted by Gasteiger charge is 2.28. The molecule has 3 heterocycles. The monoisotopic (exact) mass is 317 g/mol. The van der Waals surface area contributed by atoms with E-state index >= 15 is 0 Å². The largest absolute Gasteiger partial charge is 0.381 e. The molecule has 1 amide bonds. The van der Waals surface area contributed by atoms with Crippen molar-refractivity contribution in [1.82, 2.24) is 5.32 Å². The molecule has 2 aliphatic heterocycles. The Balaban J connectivity index is 2.12. The molecular formula is C16H19N3O2S. The molecule has 3 rings (SSSR count). The zero-order valence-electron chi connectivity index (χ0n) is 12.6. The van der Waals surface area contributed by atoms with Gasteiger partial charge in [0.2, 0.25) is 0 Å². The molecule has 22 heavy (non-hydrogen) atoms. The molecule has 3 N–H and O–H groups in total. The number of aliphatic hydroxyl groups excluding tert-OH is 1. The molecule has 0 spiro atoms. The van der Waals surface area contributed by atoms with Crippen molar-refractivity contribution in [2.24, 2.45) is 4.99 Å². The predicted molar refractivity (Wildman–Crippen MR) is 90.7 cm³/mol. The van der Waals surface area contributed by atoms with E-state index in [2.05, 4.69) is 22.2 Å². The second-order valence-electron chi connectivity index (χ2n) is 5.55. The van der Waals surface area contributed by atoms with E-state index in [-0.39, 0.29) is 11.9 Å². The summed E-state index contributed by atoms with van der Waals surface area (Å²) < 4.78 is 0. The van der Waals surface area contributed by atoms with Crippen LogP contribution in [0.15, 0.2) is 23.7 Å². The number of hydrogen-bond donors (Lipinski definition) is 3. The average Bonchev–Trinajstić information content (AvgIpc) is 2.74. The number of aryl methyl sites for hydroxylation is 1. The highest BCUT2D eigenvalue weighted by atomic mass is 32.1. The predicted octanol–water partition coefficient (Wildman–Crippen LogP) is 2.33. The smallest absolute Gasteiger partial charge is 0.263 e. The van der Waals surface area contributed by atoms with Crippen molar-refractivity contribution in [3.8, 4) is 0 Å². The maximum absolute atomic E-state index is 12.3. The molecule has 116 valence electrons. The van der Waals surface area contributed by atoms with E-state index in [1.54, 1.807) is 6.08 Å². The van der Waals surface area contributed by atoms with Gasteiger partial charge in [-0.05, 0) is 19.9 Å². The molecule has 0 bridgehead atoms. The van der Waals surface area contributed by atoms with Crippen LogP contribution in [0.2, 0.25) is 0 Å². The summed E-state index contributed by atoms with van der Waals surface area (Å²) in [7, 11) is 0. The first-order valence-electron chi connectivity index (χ1n) is 7.28. The fourth-order valence-electron chi connectivity index (χ4n) is 2.80. The number of carbonyl (C=O) groups excluding carboxylic acids is 1. The van der Waals surface area contributed by atoms with Crippen LogP contribution in [0.3, 0.4) is 0 Å². The van der Waals surface area contributed by atoms with Gasteiger partial charge in [0.15, 0.2) is 0 Å². The third-order valence-corrected chi connectivity index (χ3v) is 4.92. The molecular weight excluding hydrogens is 298 g/mol. The third-order valence-electron chi connectivity index (χ3n) is 3.81. The van der Waals surface area contributed by atoms with Gasteiger partial charge in [-0.1, -0.05) is 12.7 Å². The average molecular weight is 317 g/mol. The third kappa shape index (κ3) is 2.48. The van der Waals surface area contributed by atoms with Crippen LogP contribution in [0.4, 0.5) is 5.69 Å². The van der Waals surface area contributed by atoms with Crippen LogP contribution in [-0.4, -0.2) is 35.5 Å². The first kappa shape index (κ1) is 15.0. The number of thiophene rings is 1. The highest BCUT2D eigenvalue weighted by molar-refractivity contribution is 7.15. The molecule has 1 aromatic heterocycles. The zero-order valence-corrected chi connectivity index (χ0v) is 13.5. The lowest BCUT2D eigenvalue weighted by Gasteiger charge is -2.18. The van der Waals surface area contributed by atoms with E-state index in [1.807, 2.05) is 19.9 Å². The SMILES string of the molecule is C=CC1=NC(O)CC=C1c1c(C)sc2c1NC[C@@H](C)NC2=O. The van der Waals surface area contributed by atoms with Gasteiger partial charge >= 0.3 is 0 Å². The van der Waals surface area contributed by atoms with E-state index in [4.69, 9.17) is 0 Å². The standard InChI is InChI=1S/C16H19N3O2S/c1-4-11-10(5-6-12(20)19-11)13-9(3)22-15-14(13)17-7-8(2)18-16(15)21/h4-5,8,12,17,20H,1,6-7H2,2-3H3,(H,18,21)/t8-,12?/m1/s1. The lowest BCUT2D eigenvalue weighted by atomic mass is 9.96. The Morgan fingerprint density at radius 2 is 2.32 bits per heavy atom. The molecule has 0 aromatic carbocycles. The van der Waals surface area contributed by atoms with Gasteiger partial charge in [0.1, 0.15) is 11.1 Å². The van der Waals surface area contributed by atoms with E-state index in [9.17, 15) is 9.90 Å². The number of fused-ring (bicyclic) bond motifs is 1. The van der Waals surface area contributed by atoms with Crippen molar-refractivity contribution in [3.63, 3.8) is 0 Å². The van der Waals surface area contributed by atoms with Crippen molar-refractivity contribution in [1.29, 1.82) is 0 Å². The Labute approximate surface area is 133 Å². The molecule has 1 unspecified atom stereocenters. The van der Waals surface area contributed by atoms with Gasteiger partial charge in [-0.25, -0.2) is 0 Å². The quantitative estimate of drug-likeness (QED) is 0.784. The van der Waals surface area contributed by atoms with Crippen LogP contribution >= 0.6 is 11.3 Å². The lowest BCUT2D eigenvalue weighted by Crippen LogP contribution is -2.34. The minimum atomic E-state index is -0.717. The van der Waals surface area contributed by atoms with Crippen molar-refractivity contribution in [2.75, 3.05) is 11.9 Å². The van der Waals surface area contributed by atoms with Crippen molar-refractivity contribution in [2.45, 2.75) is 32.5 Å². The number of hydrogen-bond acceptors (Lipinski definition) is 5. The minimum absolute atomic E-state index is 0.0413. The molecule has 2 atom stereocenters. The summed E-state index contributed by atoms with van der Waals surface area (Å²) in [6, 6.07) is 0.0787. The molecule has 5 nitrogen and oxygen atoms in total. The summed E-state index contributed by atoms with van der Waals surface area (Å²) in [4.78, 5) is 18.3. The number of anilines is 1. The first-order valence-corrected chi connectivity index (χ1v) is 8.10. The van der Waals surface area contributed by atoms with Gasteiger partial charge in [-0.15, -0.1) is 11.3 Å². The van der Waals surface area contributed by atoms with Crippen LogP contribution in [0.1, 0.15) is 33.5 Å². The molecule has 0 aliphatic carbocycles. The van der Waals surface area contributed by atoms with Gasteiger partial charge in [0, 0.05) is 35.0 Å². The molecule has 2 aliphatic rings. The van der Waals surface area contributed by atoms with Crippen LogP contribution in [0, 0.1) is 6.92 Å². The topological polar surface area (TPSA) is 73.7 Å². The number of dihydropyridines is 1. The number of carbonyl (C=O) groups is 1. The second kappa shape index (κ2) is 5.70. The molecule has 0 saturated heterocycles. The normalized spacial score (nSPS) is 24.4. The van der Waals surface area contributed by atoms with Gasteiger partial charge in [0.05, 0.1) is 11.4 Å². The second-order valence-corrected chi connectivity index (χ2v) is 6.77. The first-order chi connectivity index (χ1) is 10.5. The van der Waals surface area contributed by atoms with Crippen LogP contribution < -0.4 is 10.6 Å². The number of nitrogens with zero attached hydrogens (tertiary/aromatic N) is 1. The van der Waals surface area contributed by atoms with E-state index in [0.717, 1.165) is 21.7 Å². The fraction of sp³-hybridized carbons (Fsp3) is 0.375. The van der Waals surface area contributed by atoms with Crippen LogP contribution in [0.25, 0.3) is 5.57 Å². The molecule has 1 aromatic rings. The maximum atomic E-state index is 12.3. The Hall–Kier alpha value is -1.92. The summed E-state index contributed by atoms with van der Waals surface area (Å²) in [6.45, 7) is 8.44. The fourth-order valence-corrected chi connectivity index (χ4v) is 3.84. The van der Waals surface area contributed by atoms with Crippen LogP contribution in [-0.2, 0) is 0 Å². The highest BCUT2D eigenvalue weighted by Crippen LogP contribution is 2.40. The molecule has 0 radical (unpaired) electrons. The summed E-state index contributed by atoms with van der Waals surface area (Å²) >= 11 is 1.48. The zero-order chi connectivity index (χ0) is 15.9. The Morgan fingerprint density at radius 3 is 3.05 bits per heavy atom. The number of aliphatic hydroxyl groups is 1. The van der Waals surface area contributed by atoms with E-state index in [0.29, 0.717) is 23.6 Å². The van der Waals surface area contributed by atoms with Gasteiger partial charge in [-0.3, -0.25) is 9.79 Å². The van der Waals surface area contributed by atoms with Gasteiger partial charge in [-0.2, -0.15) is 0 Å².